The van der Waals surface area contributed by atoms with Crippen molar-refractivity contribution in [1.82, 2.24) is 14.2 Å². The highest BCUT2D eigenvalue weighted by Gasteiger charge is 2.28. The molecule has 0 atom stereocenters. The number of aliphatic imine (C=N–C) groups is 1. The van der Waals surface area contributed by atoms with Crippen LogP contribution in [-0.4, -0.2) is 80.1 Å². The Morgan fingerprint density at radius 3 is 2.58 bits per heavy atom. The second kappa shape index (κ2) is 9.18. The fraction of sp³-hybridized carbons (Fsp3) is 0.625. The molecule has 0 radical (unpaired) electrons. The van der Waals surface area contributed by atoms with Crippen LogP contribution in [0.3, 0.4) is 0 Å². The van der Waals surface area contributed by atoms with E-state index in [1.165, 1.54) is 0 Å². The summed E-state index contributed by atoms with van der Waals surface area (Å²) in [6.07, 6.45) is 4.01. The third-order valence-electron chi connectivity index (χ3n) is 4.68. The summed E-state index contributed by atoms with van der Waals surface area (Å²) in [5.41, 5.74) is 5.90. The first-order chi connectivity index (χ1) is 12.0. The molecule has 8 nitrogen and oxygen atoms in total. The molecule has 0 bridgehead atoms. The topological polar surface area (TPSA) is 95.1 Å². The molecule has 0 amide bonds. The molecule has 0 unspecified atom stereocenters. The Balaban J connectivity index is 0.00000243. The lowest BCUT2D eigenvalue weighted by molar-refractivity contribution is 0.384. The Hall–Kier alpha value is -1.14. The summed E-state index contributed by atoms with van der Waals surface area (Å²) < 4.78 is 26.5. The zero-order valence-corrected chi connectivity index (χ0v) is 18.1. The number of guanidine groups is 1. The minimum absolute atomic E-state index is 0. The number of rotatable bonds is 6. The van der Waals surface area contributed by atoms with E-state index < -0.39 is 10.0 Å². The van der Waals surface area contributed by atoms with Crippen LogP contribution in [0.5, 0.6) is 0 Å². The van der Waals surface area contributed by atoms with Gasteiger partial charge >= 0.3 is 0 Å². The number of halogens is 1. The quantitative estimate of drug-likeness (QED) is 0.353. The first kappa shape index (κ1) is 21.2. The van der Waals surface area contributed by atoms with E-state index in [0.29, 0.717) is 38.2 Å². The molecule has 1 aliphatic heterocycles. The van der Waals surface area contributed by atoms with E-state index in [9.17, 15) is 8.42 Å². The lowest BCUT2D eigenvalue weighted by Gasteiger charge is -2.34. The van der Waals surface area contributed by atoms with E-state index in [0.717, 1.165) is 18.7 Å². The molecule has 146 valence electrons. The molecule has 2 aliphatic rings. The van der Waals surface area contributed by atoms with Crippen LogP contribution < -0.4 is 10.6 Å². The summed E-state index contributed by atoms with van der Waals surface area (Å²) in [6.45, 7) is 2.43. The summed E-state index contributed by atoms with van der Waals surface area (Å²) >= 11 is 0. The highest BCUT2D eigenvalue weighted by Crippen LogP contribution is 2.24. The van der Waals surface area contributed by atoms with E-state index in [4.69, 9.17) is 5.73 Å². The molecule has 2 fully saturated rings. The summed E-state index contributed by atoms with van der Waals surface area (Å²) in [5, 5.41) is 0. The van der Waals surface area contributed by atoms with Gasteiger partial charge in [0.2, 0.25) is 10.0 Å². The smallest absolute Gasteiger partial charge is 0.216 e. The maximum absolute atomic E-state index is 12.5. The third kappa shape index (κ3) is 5.43. The summed E-state index contributed by atoms with van der Waals surface area (Å²) in [4.78, 5) is 12.6. The van der Waals surface area contributed by atoms with Crippen LogP contribution in [0.15, 0.2) is 29.4 Å². The Bertz CT molecular complexity index is 703. The van der Waals surface area contributed by atoms with Gasteiger partial charge in [0, 0.05) is 45.5 Å². The first-order valence-electron chi connectivity index (χ1n) is 8.64. The van der Waals surface area contributed by atoms with Crippen LogP contribution in [0.1, 0.15) is 12.8 Å². The van der Waals surface area contributed by atoms with Crippen LogP contribution >= 0.6 is 24.0 Å². The molecule has 26 heavy (non-hydrogen) atoms. The molecule has 0 aromatic carbocycles. The van der Waals surface area contributed by atoms with Crippen LogP contribution in [0.4, 0.5) is 5.82 Å². The zero-order valence-electron chi connectivity index (χ0n) is 15.0. The van der Waals surface area contributed by atoms with Crippen molar-refractivity contribution in [3.63, 3.8) is 0 Å². The summed E-state index contributed by atoms with van der Waals surface area (Å²) in [5.74, 6) is 1.31. The van der Waals surface area contributed by atoms with Crippen molar-refractivity contribution in [1.29, 1.82) is 0 Å². The number of pyridine rings is 1. The van der Waals surface area contributed by atoms with Gasteiger partial charge in [0.05, 0.1) is 12.3 Å². The SMILES string of the molecule is CN(C(N)=NCCS(=O)(=O)N1CCN(c2ccccn2)CC1)C1CC1.I. The van der Waals surface area contributed by atoms with Crippen molar-refractivity contribution in [3.8, 4) is 0 Å². The minimum Gasteiger partial charge on any atom is -0.370 e. The van der Waals surface area contributed by atoms with Gasteiger partial charge in [-0.15, -0.1) is 24.0 Å². The molecule has 1 aliphatic carbocycles. The van der Waals surface area contributed by atoms with Gasteiger partial charge < -0.3 is 15.5 Å². The Morgan fingerprint density at radius 2 is 2.00 bits per heavy atom. The third-order valence-corrected chi connectivity index (χ3v) is 6.53. The van der Waals surface area contributed by atoms with Crippen molar-refractivity contribution in [2.24, 2.45) is 10.7 Å². The maximum atomic E-state index is 12.5. The lowest BCUT2D eigenvalue weighted by Crippen LogP contribution is -2.49. The number of nitrogens with zero attached hydrogens (tertiary/aromatic N) is 5. The molecule has 3 rings (SSSR count). The summed E-state index contributed by atoms with van der Waals surface area (Å²) in [7, 11) is -1.41. The molecule has 1 saturated heterocycles. The standard InChI is InChI=1S/C16H26N6O2S.HI/c1-20(14-5-6-14)16(17)19-8-13-25(23,24)22-11-9-21(10-12-22)15-4-2-3-7-18-15;/h2-4,7,14H,5-6,8-13H2,1H3,(H2,17,19);1H. The average molecular weight is 494 g/mol. The number of sulfonamides is 1. The molecule has 10 heteroatoms. The lowest BCUT2D eigenvalue weighted by atomic mass is 10.3. The normalized spacial score (nSPS) is 19.1. The predicted molar refractivity (Wildman–Crippen MR) is 114 cm³/mol. The molecule has 2 heterocycles. The van der Waals surface area contributed by atoms with E-state index in [1.807, 2.05) is 30.1 Å². The number of hydrogen-bond acceptors (Lipinski definition) is 5. The van der Waals surface area contributed by atoms with Gasteiger partial charge in [0.15, 0.2) is 5.96 Å². The molecular formula is C16H27IN6O2S. The van der Waals surface area contributed by atoms with Crippen molar-refractivity contribution in [2.75, 3.05) is 50.4 Å². The van der Waals surface area contributed by atoms with Gasteiger partial charge in [0.25, 0.3) is 0 Å². The zero-order chi connectivity index (χ0) is 17.9. The van der Waals surface area contributed by atoms with Crippen LogP contribution in [-0.2, 0) is 10.0 Å². The van der Waals surface area contributed by atoms with Gasteiger partial charge in [-0.3, -0.25) is 4.99 Å². The summed E-state index contributed by atoms with van der Waals surface area (Å²) in [6, 6.07) is 6.22. The molecule has 2 N–H and O–H groups in total. The second-order valence-corrected chi connectivity index (χ2v) is 8.56. The Labute approximate surface area is 172 Å². The fourth-order valence-corrected chi connectivity index (χ4v) is 4.20. The number of hydrogen-bond donors (Lipinski definition) is 1. The Morgan fingerprint density at radius 1 is 1.31 bits per heavy atom. The predicted octanol–water partition coefficient (Wildman–Crippen LogP) is 0.560. The van der Waals surface area contributed by atoms with Gasteiger partial charge in [-0.25, -0.2) is 13.4 Å². The van der Waals surface area contributed by atoms with Crippen molar-refractivity contribution in [2.45, 2.75) is 18.9 Å². The van der Waals surface area contributed by atoms with Gasteiger partial charge in [0.1, 0.15) is 5.82 Å². The largest absolute Gasteiger partial charge is 0.370 e. The van der Waals surface area contributed by atoms with Crippen molar-refractivity contribution < 1.29 is 8.42 Å². The van der Waals surface area contributed by atoms with E-state index in [1.54, 1.807) is 10.5 Å². The number of piperazine rings is 1. The van der Waals surface area contributed by atoms with Gasteiger partial charge in [-0.2, -0.15) is 4.31 Å². The fourth-order valence-electron chi connectivity index (χ4n) is 2.90. The van der Waals surface area contributed by atoms with Crippen molar-refractivity contribution in [3.05, 3.63) is 24.4 Å². The molecule has 1 saturated carbocycles. The highest BCUT2D eigenvalue weighted by atomic mass is 127. The maximum Gasteiger partial charge on any atom is 0.216 e. The minimum atomic E-state index is -3.31. The highest BCUT2D eigenvalue weighted by molar-refractivity contribution is 14.0. The van der Waals surface area contributed by atoms with Crippen LogP contribution in [0, 0.1) is 0 Å². The monoisotopic (exact) mass is 494 g/mol. The second-order valence-electron chi connectivity index (χ2n) is 6.47. The average Bonchev–Trinajstić information content (AvgIpc) is 3.47. The molecule has 1 aromatic heterocycles. The van der Waals surface area contributed by atoms with Crippen LogP contribution in [0.25, 0.3) is 0 Å². The van der Waals surface area contributed by atoms with Crippen molar-refractivity contribution >= 4 is 45.8 Å². The van der Waals surface area contributed by atoms with E-state index in [-0.39, 0.29) is 36.3 Å². The van der Waals surface area contributed by atoms with E-state index in [2.05, 4.69) is 14.9 Å². The first-order valence-corrected chi connectivity index (χ1v) is 10.2. The Kier molecular flexibility index (Phi) is 7.47. The number of nitrogens with two attached hydrogens (primary N) is 1. The van der Waals surface area contributed by atoms with Crippen LogP contribution in [0.2, 0.25) is 0 Å². The molecule has 1 aromatic rings. The van der Waals surface area contributed by atoms with Gasteiger partial charge in [-0.05, 0) is 25.0 Å². The molecule has 0 spiro atoms. The number of aromatic nitrogens is 1. The molecular weight excluding hydrogens is 467 g/mol. The number of anilines is 1. The van der Waals surface area contributed by atoms with Gasteiger partial charge in [-0.1, -0.05) is 6.07 Å². The van der Waals surface area contributed by atoms with E-state index >= 15 is 0 Å².